The van der Waals surface area contributed by atoms with Crippen molar-refractivity contribution in [3.63, 3.8) is 0 Å². The number of rotatable bonds is 4. The summed E-state index contributed by atoms with van der Waals surface area (Å²) in [6.07, 6.45) is 1.81. The minimum atomic E-state index is -0.357. The Morgan fingerprint density at radius 3 is 2.77 bits per heavy atom. The lowest BCUT2D eigenvalue weighted by Gasteiger charge is -2.12. The summed E-state index contributed by atoms with van der Waals surface area (Å²) in [5.74, 6) is 0.260. The van der Waals surface area contributed by atoms with Crippen molar-refractivity contribution in [1.29, 1.82) is 0 Å². The summed E-state index contributed by atoms with van der Waals surface area (Å²) in [4.78, 5) is 0. The average Bonchev–Trinajstić information content (AvgIpc) is 3.01. The van der Waals surface area contributed by atoms with Crippen LogP contribution in [0, 0.1) is 19.7 Å². The van der Waals surface area contributed by atoms with Crippen LogP contribution in [0.1, 0.15) is 16.7 Å². The van der Waals surface area contributed by atoms with Crippen molar-refractivity contribution in [3.8, 4) is 0 Å². The molecule has 0 unspecified atom stereocenters. The van der Waals surface area contributed by atoms with Gasteiger partial charge in [-0.2, -0.15) is 5.10 Å². The highest BCUT2D eigenvalue weighted by Crippen LogP contribution is 2.20. The molecule has 0 saturated carbocycles. The topological polar surface area (TPSA) is 41.9 Å². The number of hydrogen-bond acceptors (Lipinski definition) is 2. The SMILES string of the molecule is Cc1cccc(NC(=S)Nc2ccn(Cc3ccc(F)cc3Cl)n2)c1C. The first-order chi connectivity index (χ1) is 12.4. The lowest BCUT2D eigenvalue weighted by molar-refractivity contribution is 0.624. The van der Waals surface area contributed by atoms with Crippen LogP contribution in [0.25, 0.3) is 0 Å². The number of aromatic nitrogens is 2. The predicted molar refractivity (Wildman–Crippen MR) is 108 cm³/mol. The van der Waals surface area contributed by atoms with Gasteiger partial charge in [-0.1, -0.05) is 29.8 Å². The number of aryl methyl sites for hydroxylation is 1. The van der Waals surface area contributed by atoms with Gasteiger partial charge >= 0.3 is 0 Å². The molecule has 0 spiro atoms. The first-order valence-corrected chi connectivity index (χ1v) is 8.82. The summed E-state index contributed by atoms with van der Waals surface area (Å²) in [7, 11) is 0. The van der Waals surface area contributed by atoms with Crippen LogP contribution >= 0.6 is 23.8 Å². The van der Waals surface area contributed by atoms with E-state index in [2.05, 4.69) is 28.7 Å². The van der Waals surface area contributed by atoms with Gasteiger partial charge in [0.25, 0.3) is 0 Å². The van der Waals surface area contributed by atoms with Crippen molar-refractivity contribution in [2.24, 2.45) is 0 Å². The number of thiocarbonyl (C=S) groups is 1. The summed E-state index contributed by atoms with van der Waals surface area (Å²) in [5, 5.41) is 11.5. The molecule has 0 fully saturated rings. The molecule has 0 saturated heterocycles. The molecule has 3 rings (SSSR count). The van der Waals surface area contributed by atoms with E-state index in [-0.39, 0.29) is 5.82 Å². The Morgan fingerprint density at radius 2 is 2.00 bits per heavy atom. The molecular weight excluding hydrogens is 371 g/mol. The van der Waals surface area contributed by atoms with Crippen LogP contribution in [0.3, 0.4) is 0 Å². The summed E-state index contributed by atoms with van der Waals surface area (Å²) >= 11 is 11.4. The van der Waals surface area contributed by atoms with Gasteiger partial charge in [0.1, 0.15) is 5.82 Å². The van der Waals surface area contributed by atoms with Crippen LogP contribution in [0.5, 0.6) is 0 Å². The Kier molecular flexibility index (Phi) is 5.54. The van der Waals surface area contributed by atoms with Gasteiger partial charge in [0.05, 0.1) is 6.54 Å². The summed E-state index contributed by atoms with van der Waals surface area (Å²) in [5.41, 5.74) is 4.09. The smallest absolute Gasteiger partial charge is 0.176 e. The molecule has 3 aromatic rings. The van der Waals surface area contributed by atoms with E-state index in [1.54, 1.807) is 10.7 Å². The highest BCUT2D eigenvalue weighted by Gasteiger charge is 2.07. The monoisotopic (exact) mass is 388 g/mol. The van der Waals surface area contributed by atoms with Gasteiger partial charge in [0, 0.05) is 23.0 Å². The molecule has 0 aliphatic carbocycles. The van der Waals surface area contributed by atoms with Crippen molar-refractivity contribution >= 4 is 40.4 Å². The quantitative estimate of drug-likeness (QED) is 0.606. The number of benzene rings is 2. The predicted octanol–water partition coefficient (Wildman–Crippen LogP) is 5.15. The molecule has 0 bridgehead atoms. The van der Waals surface area contributed by atoms with Crippen LogP contribution in [0.4, 0.5) is 15.9 Å². The molecular formula is C19H18ClFN4S. The molecule has 0 aliphatic rings. The van der Waals surface area contributed by atoms with Crippen molar-refractivity contribution in [2.75, 3.05) is 10.6 Å². The Labute approximate surface area is 162 Å². The van der Waals surface area contributed by atoms with Gasteiger partial charge < -0.3 is 10.6 Å². The Hall–Kier alpha value is -2.44. The van der Waals surface area contributed by atoms with E-state index in [9.17, 15) is 4.39 Å². The van der Waals surface area contributed by atoms with Crippen LogP contribution in [-0.4, -0.2) is 14.9 Å². The van der Waals surface area contributed by atoms with E-state index in [1.165, 1.54) is 17.7 Å². The normalized spacial score (nSPS) is 10.6. The first-order valence-electron chi connectivity index (χ1n) is 8.04. The molecule has 0 radical (unpaired) electrons. The van der Waals surface area contributed by atoms with Crippen LogP contribution < -0.4 is 10.6 Å². The largest absolute Gasteiger partial charge is 0.332 e. The van der Waals surface area contributed by atoms with E-state index >= 15 is 0 Å². The zero-order chi connectivity index (χ0) is 18.7. The van der Waals surface area contributed by atoms with Crippen LogP contribution in [-0.2, 0) is 6.54 Å². The fourth-order valence-electron chi connectivity index (χ4n) is 2.50. The second-order valence-electron chi connectivity index (χ2n) is 5.96. The number of hydrogen-bond donors (Lipinski definition) is 2. The Morgan fingerprint density at radius 1 is 1.19 bits per heavy atom. The minimum absolute atomic E-state index is 0.357. The minimum Gasteiger partial charge on any atom is -0.332 e. The number of nitrogens with one attached hydrogen (secondary N) is 2. The molecule has 0 atom stereocenters. The fraction of sp³-hybridized carbons (Fsp3) is 0.158. The molecule has 26 heavy (non-hydrogen) atoms. The number of nitrogens with zero attached hydrogens (tertiary/aromatic N) is 2. The second kappa shape index (κ2) is 7.85. The summed E-state index contributed by atoms with van der Waals surface area (Å²) in [6.45, 7) is 4.54. The van der Waals surface area contributed by atoms with E-state index in [0.29, 0.717) is 22.5 Å². The second-order valence-corrected chi connectivity index (χ2v) is 6.78. The molecule has 0 amide bonds. The number of anilines is 2. The van der Waals surface area contributed by atoms with E-state index in [0.717, 1.165) is 16.8 Å². The number of halogens is 2. The third-order valence-corrected chi connectivity index (χ3v) is 4.64. The van der Waals surface area contributed by atoms with E-state index in [1.807, 2.05) is 31.3 Å². The van der Waals surface area contributed by atoms with Crippen molar-refractivity contribution in [2.45, 2.75) is 20.4 Å². The lowest BCUT2D eigenvalue weighted by atomic mass is 10.1. The molecule has 4 nitrogen and oxygen atoms in total. The van der Waals surface area contributed by atoms with Crippen molar-refractivity contribution in [1.82, 2.24) is 9.78 Å². The van der Waals surface area contributed by atoms with Crippen LogP contribution in [0.2, 0.25) is 5.02 Å². The maximum absolute atomic E-state index is 13.1. The molecule has 2 aromatic carbocycles. The maximum atomic E-state index is 13.1. The maximum Gasteiger partial charge on any atom is 0.176 e. The standard InChI is InChI=1S/C19H18ClFN4S/c1-12-4-3-5-17(13(12)2)22-19(26)23-18-8-9-25(24-18)11-14-6-7-15(21)10-16(14)20/h3-10H,11H2,1-2H3,(H2,22,23,24,26). The van der Waals surface area contributed by atoms with Gasteiger partial charge in [-0.25, -0.2) is 4.39 Å². The Bertz CT molecular complexity index is 954. The third-order valence-electron chi connectivity index (χ3n) is 4.08. The van der Waals surface area contributed by atoms with Gasteiger partial charge in [-0.15, -0.1) is 0 Å². The van der Waals surface area contributed by atoms with Crippen molar-refractivity contribution in [3.05, 3.63) is 76.2 Å². The molecule has 134 valence electrons. The van der Waals surface area contributed by atoms with Gasteiger partial charge in [0.15, 0.2) is 10.9 Å². The fourth-order valence-corrected chi connectivity index (χ4v) is 2.94. The molecule has 7 heteroatoms. The third kappa shape index (κ3) is 4.39. The highest BCUT2D eigenvalue weighted by atomic mass is 35.5. The molecule has 2 N–H and O–H groups in total. The molecule has 1 aromatic heterocycles. The average molecular weight is 389 g/mol. The van der Waals surface area contributed by atoms with Crippen LogP contribution in [0.15, 0.2) is 48.7 Å². The highest BCUT2D eigenvalue weighted by molar-refractivity contribution is 7.80. The lowest BCUT2D eigenvalue weighted by Crippen LogP contribution is -2.20. The first kappa shape index (κ1) is 18.4. The van der Waals surface area contributed by atoms with Gasteiger partial charge in [-0.05, 0) is 61.0 Å². The Balaban J connectivity index is 1.64. The van der Waals surface area contributed by atoms with Gasteiger partial charge in [0.2, 0.25) is 0 Å². The summed E-state index contributed by atoms with van der Waals surface area (Å²) in [6, 6.07) is 12.2. The van der Waals surface area contributed by atoms with E-state index in [4.69, 9.17) is 23.8 Å². The van der Waals surface area contributed by atoms with Gasteiger partial charge in [-0.3, -0.25) is 4.68 Å². The van der Waals surface area contributed by atoms with Crippen molar-refractivity contribution < 1.29 is 4.39 Å². The van der Waals surface area contributed by atoms with E-state index < -0.39 is 0 Å². The summed E-state index contributed by atoms with van der Waals surface area (Å²) < 4.78 is 14.8. The zero-order valence-corrected chi connectivity index (χ0v) is 16.0. The zero-order valence-electron chi connectivity index (χ0n) is 14.4. The molecule has 0 aliphatic heterocycles. The molecule has 1 heterocycles.